The lowest BCUT2D eigenvalue weighted by atomic mass is 10.4. The molecular weight excluding hydrogens is 278 g/mol. The number of fused-ring (bicyclic) bond motifs is 1. The maximum atomic E-state index is 11.2. The molecule has 1 amide bonds. The van der Waals surface area contributed by atoms with E-state index in [1.54, 1.807) is 0 Å². The summed E-state index contributed by atoms with van der Waals surface area (Å²) in [5.74, 6) is -0.355. The third-order valence-electron chi connectivity index (χ3n) is 2.43. The van der Waals surface area contributed by atoms with E-state index in [4.69, 9.17) is 9.84 Å². The van der Waals surface area contributed by atoms with Gasteiger partial charge in [-0.05, 0) is 0 Å². The Labute approximate surface area is 119 Å². The number of aromatic carboxylic acids is 1. The largest absolute Gasteiger partial charge is 0.478 e. The fourth-order valence-corrected chi connectivity index (χ4v) is 1.50. The van der Waals surface area contributed by atoms with E-state index in [0.717, 1.165) is 0 Å². The Hall–Kier alpha value is -2.97. The second kappa shape index (κ2) is 6.46. The molecule has 0 saturated heterocycles. The van der Waals surface area contributed by atoms with Crippen molar-refractivity contribution in [1.82, 2.24) is 24.9 Å². The first-order valence-electron chi connectivity index (χ1n) is 6.06. The van der Waals surface area contributed by atoms with Crippen LogP contribution in [0.25, 0.3) is 5.78 Å². The van der Waals surface area contributed by atoms with Crippen LogP contribution >= 0.6 is 0 Å². The zero-order valence-corrected chi connectivity index (χ0v) is 11.0. The van der Waals surface area contributed by atoms with Gasteiger partial charge >= 0.3 is 12.1 Å². The molecule has 2 rings (SSSR count). The quantitative estimate of drug-likeness (QED) is 0.733. The number of carbonyl (C=O) groups is 2. The number of rotatable bonds is 6. The monoisotopic (exact) mass is 291 g/mol. The SMILES string of the molecule is C=CCOC(=O)NCCc1nc2ncc(C(=O)O)cn2n1. The predicted molar refractivity (Wildman–Crippen MR) is 71.0 cm³/mol. The molecule has 110 valence electrons. The first-order valence-corrected chi connectivity index (χ1v) is 6.06. The van der Waals surface area contributed by atoms with Crippen molar-refractivity contribution in [2.45, 2.75) is 6.42 Å². The average molecular weight is 291 g/mol. The zero-order valence-electron chi connectivity index (χ0n) is 11.0. The van der Waals surface area contributed by atoms with E-state index in [9.17, 15) is 9.59 Å². The topological polar surface area (TPSA) is 119 Å². The Morgan fingerprint density at radius 1 is 1.52 bits per heavy atom. The van der Waals surface area contributed by atoms with E-state index < -0.39 is 12.1 Å². The summed E-state index contributed by atoms with van der Waals surface area (Å²) in [5.41, 5.74) is 0.0186. The van der Waals surface area contributed by atoms with Crippen molar-refractivity contribution in [1.29, 1.82) is 0 Å². The number of alkyl carbamates (subject to hydrolysis) is 1. The minimum atomic E-state index is -1.09. The summed E-state index contributed by atoms with van der Waals surface area (Å²) in [7, 11) is 0. The highest BCUT2D eigenvalue weighted by atomic mass is 16.5. The number of nitrogens with zero attached hydrogens (tertiary/aromatic N) is 4. The van der Waals surface area contributed by atoms with Crippen LogP contribution in [0.1, 0.15) is 16.2 Å². The van der Waals surface area contributed by atoms with Crippen molar-refractivity contribution in [3.05, 3.63) is 36.4 Å². The van der Waals surface area contributed by atoms with E-state index in [2.05, 4.69) is 27.0 Å². The van der Waals surface area contributed by atoms with Crippen molar-refractivity contribution in [3.63, 3.8) is 0 Å². The highest BCUT2D eigenvalue weighted by Gasteiger charge is 2.09. The Balaban J connectivity index is 1.95. The van der Waals surface area contributed by atoms with Crippen molar-refractivity contribution >= 4 is 17.8 Å². The van der Waals surface area contributed by atoms with Gasteiger partial charge in [0.2, 0.25) is 0 Å². The number of nitrogens with one attached hydrogen (secondary N) is 1. The Kier molecular flexibility index (Phi) is 4.44. The number of ether oxygens (including phenoxy) is 1. The third-order valence-corrected chi connectivity index (χ3v) is 2.43. The van der Waals surface area contributed by atoms with Crippen LogP contribution in [0.15, 0.2) is 25.0 Å². The van der Waals surface area contributed by atoms with Crippen LogP contribution in [0.3, 0.4) is 0 Å². The number of aromatic nitrogens is 4. The molecule has 0 saturated carbocycles. The molecule has 9 nitrogen and oxygen atoms in total. The van der Waals surface area contributed by atoms with Gasteiger partial charge in [-0.2, -0.15) is 4.98 Å². The molecule has 21 heavy (non-hydrogen) atoms. The highest BCUT2D eigenvalue weighted by molar-refractivity contribution is 5.86. The highest BCUT2D eigenvalue weighted by Crippen LogP contribution is 2.02. The van der Waals surface area contributed by atoms with Gasteiger partial charge in [-0.3, -0.25) is 0 Å². The molecule has 0 atom stereocenters. The van der Waals surface area contributed by atoms with Crippen LogP contribution in [-0.2, 0) is 11.2 Å². The van der Waals surface area contributed by atoms with Gasteiger partial charge in [-0.15, -0.1) is 5.10 Å². The van der Waals surface area contributed by atoms with Crippen LogP contribution in [0.5, 0.6) is 0 Å². The van der Waals surface area contributed by atoms with Crippen molar-refractivity contribution in [2.24, 2.45) is 0 Å². The van der Waals surface area contributed by atoms with Gasteiger partial charge < -0.3 is 15.2 Å². The summed E-state index contributed by atoms with van der Waals surface area (Å²) in [6.07, 6.45) is 3.82. The second-order valence-electron chi connectivity index (χ2n) is 3.98. The minimum absolute atomic E-state index is 0.0186. The van der Waals surface area contributed by atoms with E-state index in [0.29, 0.717) is 24.6 Å². The third kappa shape index (κ3) is 3.75. The predicted octanol–water partition coefficient (Wildman–Crippen LogP) is 0.277. The first-order chi connectivity index (χ1) is 10.1. The molecule has 0 aromatic carbocycles. The zero-order chi connectivity index (χ0) is 15.2. The molecule has 2 N–H and O–H groups in total. The maximum Gasteiger partial charge on any atom is 0.407 e. The van der Waals surface area contributed by atoms with E-state index >= 15 is 0 Å². The summed E-state index contributed by atoms with van der Waals surface area (Å²) in [6, 6.07) is 0. The normalized spacial score (nSPS) is 10.3. The molecule has 0 spiro atoms. The van der Waals surface area contributed by atoms with Gasteiger partial charge in [-0.1, -0.05) is 12.7 Å². The van der Waals surface area contributed by atoms with Gasteiger partial charge in [-0.25, -0.2) is 19.1 Å². The van der Waals surface area contributed by atoms with E-state index in [-0.39, 0.29) is 12.2 Å². The second-order valence-corrected chi connectivity index (χ2v) is 3.98. The summed E-state index contributed by atoms with van der Waals surface area (Å²) < 4.78 is 6.02. The fraction of sp³-hybridized carbons (Fsp3) is 0.250. The van der Waals surface area contributed by atoms with Crippen LogP contribution in [0, 0.1) is 0 Å². The molecule has 2 aromatic heterocycles. The molecule has 2 heterocycles. The first kappa shape index (κ1) is 14.4. The number of hydrogen-bond acceptors (Lipinski definition) is 6. The summed E-state index contributed by atoms with van der Waals surface area (Å²) in [5, 5.41) is 15.5. The van der Waals surface area contributed by atoms with E-state index in [1.807, 2.05) is 0 Å². The van der Waals surface area contributed by atoms with Gasteiger partial charge in [0.15, 0.2) is 5.82 Å². The molecule has 9 heteroatoms. The molecule has 0 aliphatic heterocycles. The lowest BCUT2D eigenvalue weighted by Crippen LogP contribution is -2.26. The van der Waals surface area contributed by atoms with Crippen LogP contribution in [0.2, 0.25) is 0 Å². The Morgan fingerprint density at radius 3 is 3.05 bits per heavy atom. The summed E-state index contributed by atoms with van der Waals surface area (Å²) in [4.78, 5) is 30.0. The smallest absolute Gasteiger partial charge is 0.407 e. The van der Waals surface area contributed by atoms with Crippen molar-refractivity contribution in [3.8, 4) is 0 Å². The number of amides is 1. The molecule has 2 aromatic rings. The number of carboxylic acid groups (broad SMARTS) is 1. The summed E-state index contributed by atoms with van der Waals surface area (Å²) >= 11 is 0. The average Bonchev–Trinajstić information content (AvgIpc) is 2.86. The van der Waals surface area contributed by atoms with Crippen LogP contribution in [0.4, 0.5) is 4.79 Å². The molecule has 0 aliphatic carbocycles. The molecule has 0 fully saturated rings. The lowest BCUT2D eigenvalue weighted by molar-refractivity contribution is 0.0695. The fourth-order valence-electron chi connectivity index (χ4n) is 1.50. The lowest BCUT2D eigenvalue weighted by Gasteiger charge is -2.02. The Bertz CT molecular complexity index is 681. The minimum Gasteiger partial charge on any atom is -0.478 e. The molecular formula is C12H13N5O4. The summed E-state index contributed by atoms with van der Waals surface area (Å²) in [6.45, 7) is 3.86. The van der Waals surface area contributed by atoms with Gasteiger partial charge in [0, 0.05) is 25.4 Å². The van der Waals surface area contributed by atoms with Crippen LogP contribution < -0.4 is 5.32 Å². The maximum absolute atomic E-state index is 11.2. The molecule has 0 aliphatic rings. The van der Waals surface area contributed by atoms with Crippen LogP contribution in [-0.4, -0.2) is 49.9 Å². The van der Waals surface area contributed by atoms with Crippen molar-refractivity contribution in [2.75, 3.05) is 13.2 Å². The van der Waals surface area contributed by atoms with Gasteiger partial charge in [0.25, 0.3) is 5.78 Å². The van der Waals surface area contributed by atoms with Gasteiger partial charge in [0.05, 0.1) is 5.56 Å². The number of carbonyl (C=O) groups excluding carboxylic acids is 1. The molecule has 0 radical (unpaired) electrons. The number of carboxylic acids is 1. The van der Waals surface area contributed by atoms with Gasteiger partial charge in [0.1, 0.15) is 6.61 Å². The van der Waals surface area contributed by atoms with E-state index in [1.165, 1.54) is 23.0 Å². The molecule has 0 unspecified atom stereocenters. The number of hydrogen-bond donors (Lipinski definition) is 2. The molecule has 0 bridgehead atoms. The Morgan fingerprint density at radius 2 is 2.33 bits per heavy atom. The van der Waals surface area contributed by atoms with Crippen molar-refractivity contribution < 1.29 is 19.4 Å². The standard InChI is InChI=1S/C12H13N5O4/c1-2-5-21-12(20)13-4-3-9-15-11-14-6-8(10(18)19)7-17(11)16-9/h2,6-7H,1,3-5H2,(H,13,20)(H,18,19).